The minimum Gasteiger partial charge on any atom is -0.462 e. The Morgan fingerprint density at radius 2 is 2.05 bits per heavy atom. The molecule has 0 spiro atoms. The summed E-state index contributed by atoms with van der Waals surface area (Å²) in [5, 5.41) is 0. The Balaban J connectivity index is 1.88. The molecule has 0 amide bonds. The molecule has 6 nitrogen and oxygen atoms in total. The highest BCUT2D eigenvalue weighted by Gasteiger charge is 2.41. The van der Waals surface area contributed by atoms with Crippen molar-refractivity contribution in [1.82, 2.24) is 9.97 Å². The highest BCUT2D eigenvalue weighted by atomic mass is 79.9. The van der Waals surface area contributed by atoms with Crippen LogP contribution in [-0.4, -0.2) is 41.5 Å². The molecule has 1 aromatic heterocycles. The molecule has 0 atom stereocenters. The summed E-state index contributed by atoms with van der Waals surface area (Å²) >= 11 is 3.29. The minimum absolute atomic E-state index is 0.124. The van der Waals surface area contributed by atoms with E-state index in [4.69, 9.17) is 14.2 Å². The van der Waals surface area contributed by atoms with Crippen LogP contribution in [0.3, 0.4) is 0 Å². The third kappa shape index (κ3) is 3.74. The summed E-state index contributed by atoms with van der Waals surface area (Å²) < 4.78 is 16.8. The number of rotatable bonds is 4. The molecule has 1 aliphatic rings. The molecule has 0 aliphatic carbocycles. The zero-order chi connectivity index (χ0) is 14.6. The van der Waals surface area contributed by atoms with Crippen LogP contribution in [0.2, 0.25) is 0 Å². The van der Waals surface area contributed by atoms with Crippen molar-refractivity contribution in [3.05, 3.63) is 22.7 Å². The smallest absolute Gasteiger partial charge is 0.366 e. The number of esters is 1. The molecule has 1 fully saturated rings. The van der Waals surface area contributed by atoms with Gasteiger partial charge in [0.2, 0.25) is 0 Å². The molecule has 110 valence electrons. The Morgan fingerprint density at radius 3 is 2.60 bits per heavy atom. The van der Waals surface area contributed by atoms with Gasteiger partial charge in [-0.2, -0.15) is 0 Å². The second-order valence-electron chi connectivity index (χ2n) is 4.68. The van der Waals surface area contributed by atoms with Gasteiger partial charge in [0.25, 0.3) is 5.79 Å². The van der Waals surface area contributed by atoms with Gasteiger partial charge in [-0.1, -0.05) is 0 Å². The summed E-state index contributed by atoms with van der Waals surface area (Å²) in [4.78, 5) is 20.1. The molecule has 1 saturated heterocycles. The van der Waals surface area contributed by atoms with Gasteiger partial charge in [0.05, 0.1) is 24.3 Å². The molecule has 0 unspecified atom stereocenters. The van der Waals surface area contributed by atoms with Crippen LogP contribution >= 0.6 is 15.9 Å². The first-order valence-corrected chi connectivity index (χ1v) is 7.24. The molecule has 0 radical (unpaired) electrons. The average molecular weight is 345 g/mol. The lowest BCUT2D eigenvalue weighted by molar-refractivity contribution is -0.273. The van der Waals surface area contributed by atoms with E-state index in [9.17, 15) is 4.79 Å². The lowest BCUT2D eigenvalue weighted by atomic mass is 10.1. The summed E-state index contributed by atoms with van der Waals surface area (Å²) in [5.74, 6) is -0.935. The van der Waals surface area contributed by atoms with Crippen LogP contribution in [0.1, 0.15) is 19.7 Å². The normalized spacial score (nSPS) is 26.2. The number of aromatic nitrogens is 2. The lowest BCUT2D eigenvalue weighted by Crippen LogP contribution is -2.49. The molecule has 1 aliphatic heterocycles. The quantitative estimate of drug-likeness (QED) is 0.774. The van der Waals surface area contributed by atoms with E-state index in [-0.39, 0.29) is 5.92 Å². The van der Waals surface area contributed by atoms with Crippen LogP contribution < -0.4 is 0 Å². The van der Waals surface area contributed by atoms with Crippen LogP contribution in [0.5, 0.6) is 0 Å². The molecule has 2 heterocycles. The molecule has 0 aromatic carbocycles. The average Bonchev–Trinajstić information content (AvgIpc) is 2.44. The van der Waals surface area contributed by atoms with Crippen molar-refractivity contribution in [3.8, 4) is 0 Å². The molecule has 2 rings (SSSR count). The van der Waals surface area contributed by atoms with Crippen molar-refractivity contribution in [1.29, 1.82) is 0 Å². The highest BCUT2D eigenvalue weighted by Crippen LogP contribution is 2.24. The molecule has 0 bridgehead atoms. The van der Waals surface area contributed by atoms with Gasteiger partial charge in [0.15, 0.2) is 0 Å². The third-order valence-electron chi connectivity index (χ3n) is 2.98. The van der Waals surface area contributed by atoms with E-state index in [0.29, 0.717) is 26.2 Å². The van der Waals surface area contributed by atoms with Crippen LogP contribution in [0.25, 0.3) is 0 Å². The van der Waals surface area contributed by atoms with Gasteiger partial charge >= 0.3 is 5.97 Å². The first kappa shape index (κ1) is 15.3. The molecular weight excluding hydrogens is 328 g/mol. The van der Waals surface area contributed by atoms with Gasteiger partial charge in [-0.15, -0.1) is 0 Å². The van der Waals surface area contributed by atoms with E-state index in [1.54, 1.807) is 26.2 Å². The lowest BCUT2D eigenvalue weighted by Gasteiger charge is -2.35. The number of ether oxygens (including phenoxy) is 3. The summed E-state index contributed by atoms with van der Waals surface area (Å²) in [7, 11) is 0. The van der Waals surface area contributed by atoms with E-state index in [0.717, 1.165) is 10.3 Å². The van der Waals surface area contributed by atoms with Crippen molar-refractivity contribution in [2.75, 3.05) is 19.8 Å². The largest absolute Gasteiger partial charge is 0.462 e. The number of nitrogens with zero attached hydrogens (tertiary/aromatic N) is 2. The Kier molecular flexibility index (Phi) is 5.06. The molecule has 0 N–H and O–H groups in total. The van der Waals surface area contributed by atoms with Gasteiger partial charge in [0.1, 0.15) is 5.82 Å². The molecule has 20 heavy (non-hydrogen) atoms. The Bertz CT molecular complexity index is 458. The second-order valence-corrected chi connectivity index (χ2v) is 5.59. The molecular formula is C13H17BrN2O4. The Morgan fingerprint density at radius 1 is 1.45 bits per heavy atom. The van der Waals surface area contributed by atoms with Crippen LogP contribution in [-0.2, 0) is 25.4 Å². The Hall–Kier alpha value is -1.05. The zero-order valence-corrected chi connectivity index (χ0v) is 13.1. The van der Waals surface area contributed by atoms with Crippen molar-refractivity contribution in [3.63, 3.8) is 0 Å². The van der Waals surface area contributed by atoms with E-state index in [1.165, 1.54) is 0 Å². The van der Waals surface area contributed by atoms with Crippen LogP contribution in [0, 0.1) is 5.92 Å². The van der Waals surface area contributed by atoms with Gasteiger partial charge in [0, 0.05) is 31.7 Å². The minimum atomic E-state index is -1.30. The maximum atomic E-state index is 11.7. The van der Waals surface area contributed by atoms with Gasteiger partial charge in [-0.3, -0.25) is 0 Å². The van der Waals surface area contributed by atoms with Crippen molar-refractivity contribution >= 4 is 21.9 Å². The molecule has 7 heteroatoms. The monoisotopic (exact) mass is 344 g/mol. The SMILES string of the molecule is CCOC(=O)C1(C)OCC(Cc2ncc(Br)cn2)CO1. The summed E-state index contributed by atoms with van der Waals surface area (Å²) in [6.07, 6.45) is 4.05. The fraction of sp³-hybridized carbons (Fsp3) is 0.615. The van der Waals surface area contributed by atoms with E-state index in [1.807, 2.05) is 0 Å². The van der Waals surface area contributed by atoms with Crippen LogP contribution in [0.4, 0.5) is 0 Å². The van der Waals surface area contributed by atoms with Crippen molar-refractivity contribution < 1.29 is 19.0 Å². The molecule has 0 saturated carbocycles. The third-order valence-corrected chi connectivity index (χ3v) is 3.39. The fourth-order valence-corrected chi connectivity index (χ4v) is 2.05. The summed E-state index contributed by atoms with van der Waals surface area (Å²) in [6, 6.07) is 0. The van der Waals surface area contributed by atoms with E-state index in [2.05, 4.69) is 25.9 Å². The molecule has 1 aromatic rings. The number of carbonyl (C=O) groups excluding carboxylic acids is 1. The summed E-state index contributed by atoms with van der Waals surface area (Å²) in [6.45, 7) is 4.45. The zero-order valence-electron chi connectivity index (χ0n) is 11.5. The maximum absolute atomic E-state index is 11.7. The number of hydrogen-bond donors (Lipinski definition) is 0. The predicted octanol–water partition coefficient (Wildman–Crippen LogP) is 1.72. The first-order valence-electron chi connectivity index (χ1n) is 6.45. The van der Waals surface area contributed by atoms with E-state index >= 15 is 0 Å². The van der Waals surface area contributed by atoms with Gasteiger partial charge < -0.3 is 14.2 Å². The van der Waals surface area contributed by atoms with Gasteiger partial charge in [-0.25, -0.2) is 14.8 Å². The Labute approximate surface area is 126 Å². The van der Waals surface area contributed by atoms with Gasteiger partial charge in [-0.05, 0) is 22.9 Å². The standard InChI is InChI=1S/C13H17BrN2O4/c1-3-18-12(17)13(2)19-7-9(8-20-13)4-11-15-5-10(14)6-16-11/h5-6,9H,3-4,7-8H2,1-2H3. The van der Waals surface area contributed by atoms with Crippen molar-refractivity contribution in [2.24, 2.45) is 5.92 Å². The predicted molar refractivity (Wildman–Crippen MR) is 73.9 cm³/mol. The second kappa shape index (κ2) is 6.60. The fourth-order valence-electron chi connectivity index (χ4n) is 1.84. The first-order chi connectivity index (χ1) is 9.53. The number of hydrogen-bond acceptors (Lipinski definition) is 6. The van der Waals surface area contributed by atoms with Crippen molar-refractivity contribution in [2.45, 2.75) is 26.1 Å². The topological polar surface area (TPSA) is 70.5 Å². The number of carbonyl (C=O) groups is 1. The maximum Gasteiger partial charge on any atom is 0.366 e. The van der Waals surface area contributed by atoms with Crippen LogP contribution in [0.15, 0.2) is 16.9 Å². The highest BCUT2D eigenvalue weighted by molar-refractivity contribution is 9.10. The number of halogens is 1. The van der Waals surface area contributed by atoms with E-state index < -0.39 is 11.8 Å². The summed E-state index contributed by atoms with van der Waals surface area (Å²) in [5.41, 5.74) is 0.